The summed E-state index contributed by atoms with van der Waals surface area (Å²) >= 11 is 0. The third kappa shape index (κ3) is 2.93. The van der Waals surface area contributed by atoms with Crippen molar-refractivity contribution in [2.24, 2.45) is 0 Å². The SMILES string of the molecule is CCCPc1cccc(-c2ccccc2)c1. The van der Waals surface area contributed by atoms with Crippen LogP contribution < -0.4 is 5.30 Å². The summed E-state index contributed by atoms with van der Waals surface area (Å²) in [5.41, 5.74) is 2.65. The van der Waals surface area contributed by atoms with Crippen molar-refractivity contribution in [2.75, 3.05) is 6.16 Å². The summed E-state index contributed by atoms with van der Waals surface area (Å²) in [4.78, 5) is 0. The molecule has 2 aromatic rings. The van der Waals surface area contributed by atoms with Crippen molar-refractivity contribution < 1.29 is 0 Å². The van der Waals surface area contributed by atoms with E-state index in [0.717, 1.165) is 8.58 Å². The molecule has 0 heterocycles. The molecular weight excluding hydrogens is 211 g/mol. The topological polar surface area (TPSA) is 0 Å². The van der Waals surface area contributed by atoms with Crippen LogP contribution in [0.2, 0.25) is 0 Å². The number of hydrogen-bond donors (Lipinski definition) is 0. The van der Waals surface area contributed by atoms with Gasteiger partial charge in [-0.3, -0.25) is 0 Å². The number of hydrogen-bond acceptors (Lipinski definition) is 0. The Bertz CT molecular complexity index is 434. The Morgan fingerprint density at radius 2 is 1.62 bits per heavy atom. The standard InChI is InChI=1S/C15H17P/c1-2-11-16-15-10-6-9-14(12-15)13-7-4-3-5-8-13/h3-10,12,16H,2,11H2,1H3. The molecule has 0 radical (unpaired) electrons. The van der Waals surface area contributed by atoms with Gasteiger partial charge in [-0.05, 0) is 28.7 Å². The molecule has 16 heavy (non-hydrogen) atoms. The van der Waals surface area contributed by atoms with Crippen molar-refractivity contribution in [1.82, 2.24) is 0 Å². The lowest BCUT2D eigenvalue weighted by atomic mass is 10.1. The van der Waals surface area contributed by atoms with Crippen LogP contribution in [0.1, 0.15) is 13.3 Å². The zero-order valence-electron chi connectivity index (χ0n) is 9.61. The molecule has 0 spiro atoms. The van der Waals surface area contributed by atoms with Gasteiger partial charge >= 0.3 is 0 Å². The fraction of sp³-hybridized carbons (Fsp3) is 0.200. The van der Waals surface area contributed by atoms with E-state index in [-0.39, 0.29) is 0 Å². The molecule has 0 aliphatic carbocycles. The fourth-order valence-corrected chi connectivity index (χ4v) is 2.72. The van der Waals surface area contributed by atoms with Gasteiger partial charge in [0, 0.05) is 0 Å². The zero-order valence-corrected chi connectivity index (χ0v) is 10.6. The van der Waals surface area contributed by atoms with Crippen LogP contribution in [0.3, 0.4) is 0 Å². The number of benzene rings is 2. The summed E-state index contributed by atoms with van der Waals surface area (Å²) in [5.74, 6) is 0. The van der Waals surface area contributed by atoms with Crippen molar-refractivity contribution in [2.45, 2.75) is 13.3 Å². The van der Waals surface area contributed by atoms with Gasteiger partial charge in [0.15, 0.2) is 0 Å². The molecule has 0 fully saturated rings. The lowest BCUT2D eigenvalue weighted by Gasteiger charge is -2.05. The number of rotatable bonds is 4. The maximum absolute atomic E-state index is 2.32. The molecular formula is C15H17P. The van der Waals surface area contributed by atoms with Crippen LogP contribution in [0.5, 0.6) is 0 Å². The summed E-state index contributed by atoms with van der Waals surface area (Å²) in [7, 11) is 0.946. The largest absolute Gasteiger partial charge is 0.0904 e. The molecule has 0 N–H and O–H groups in total. The molecule has 2 aromatic carbocycles. The molecule has 0 amide bonds. The Morgan fingerprint density at radius 3 is 2.38 bits per heavy atom. The van der Waals surface area contributed by atoms with E-state index < -0.39 is 0 Å². The van der Waals surface area contributed by atoms with E-state index in [2.05, 4.69) is 61.5 Å². The molecule has 0 saturated heterocycles. The third-order valence-corrected chi connectivity index (χ3v) is 4.02. The van der Waals surface area contributed by atoms with Crippen molar-refractivity contribution in [3.63, 3.8) is 0 Å². The Hall–Kier alpha value is -1.13. The second-order valence-electron chi connectivity index (χ2n) is 3.87. The lowest BCUT2D eigenvalue weighted by Crippen LogP contribution is -1.95. The Labute approximate surface area is 99.5 Å². The van der Waals surface area contributed by atoms with Gasteiger partial charge in [0.05, 0.1) is 0 Å². The van der Waals surface area contributed by atoms with Crippen molar-refractivity contribution >= 4 is 13.9 Å². The zero-order chi connectivity index (χ0) is 11.2. The van der Waals surface area contributed by atoms with Crippen molar-refractivity contribution in [3.05, 3.63) is 54.6 Å². The third-order valence-electron chi connectivity index (χ3n) is 2.55. The minimum absolute atomic E-state index is 0.946. The smallest absolute Gasteiger partial charge is 0.0178 e. The Kier molecular flexibility index (Phi) is 4.13. The predicted molar refractivity (Wildman–Crippen MR) is 75.0 cm³/mol. The molecule has 1 heteroatoms. The lowest BCUT2D eigenvalue weighted by molar-refractivity contribution is 1.10. The molecule has 0 aliphatic heterocycles. The monoisotopic (exact) mass is 228 g/mol. The second-order valence-corrected chi connectivity index (χ2v) is 5.30. The maximum Gasteiger partial charge on any atom is -0.0178 e. The van der Waals surface area contributed by atoms with Crippen LogP contribution >= 0.6 is 8.58 Å². The fourth-order valence-electron chi connectivity index (χ4n) is 1.71. The molecule has 0 saturated carbocycles. The van der Waals surface area contributed by atoms with Gasteiger partial charge in [-0.15, -0.1) is 0 Å². The first-order valence-corrected chi connectivity index (χ1v) is 7.00. The minimum atomic E-state index is 0.946. The van der Waals surface area contributed by atoms with Gasteiger partial charge in [0.25, 0.3) is 0 Å². The molecule has 0 aromatic heterocycles. The van der Waals surface area contributed by atoms with Crippen molar-refractivity contribution in [1.29, 1.82) is 0 Å². The second kappa shape index (κ2) is 5.82. The van der Waals surface area contributed by atoms with Gasteiger partial charge < -0.3 is 0 Å². The van der Waals surface area contributed by atoms with E-state index in [9.17, 15) is 0 Å². The molecule has 1 atom stereocenters. The van der Waals surface area contributed by atoms with E-state index in [1.54, 1.807) is 0 Å². The first-order valence-electron chi connectivity index (χ1n) is 5.79. The molecule has 0 nitrogen and oxygen atoms in total. The minimum Gasteiger partial charge on any atom is -0.0904 e. The normalized spacial score (nSPS) is 11.1. The summed E-state index contributed by atoms with van der Waals surface area (Å²) in [6.45, 7) is 2.24. The highest BCUT2D eigenvalue weighted by molar-refractivity contribution is 7.47. The molecule has 82 valence electrons. The quantitative estimate of drug-likeness (QED) is 0.692. The first kappa shape index (κ1) is 11.4. The maximum atomic E-state index is 2.32. The summed E-state index contributed by atoms with van der Waals surface area (Å²) in [5, 5.41) is 1.48. The molecule has 2 rings (SSSR count). The molecule has 0 aliphatic rings. The highest BCUT2D eigenvalue weighted by atomic mass is 31.1. The van der Waals surface area contributed by atoms with E-state index in [0.29, 0.717) is 0 Å². The first-order chi connectivity index (χ1) is 7.90. The average Bonchev–Trinajstić information content (AvgIpc) is 2.38. The van der Waals surface area contributed by atoms with E-state index in [4.69, 9.17) is 0 Å². The molecule has 1 unspecified atom stereocenters. The summed E-state index contributed by atoms with van der Waals surface area (Å²) in [6.07, 6.45) is 2.58. The van der Waals surface area contributed by atoms with Gasteiger partial charge in [-0.25, -0.2) is 0 Å². The van der Waals surface area contributed by atoms with E-state index >= 15 is 0 Å². The van der Waals surface area contributed by atoms with Gasteiger partial charge in [-0.2, -0.15) is 0 Å². The van der Waals surface area contributed by atoms with Crippen LogP contribution in [0.4, 0.5) is 0 Å². The van der Waals surface area contributed by atoms with E-state index in [1.807, 2.05) is 0 Å². The van der Waals surface area contributed by atoms with Gasteiger partial charge in [0.2, 0.25) is 0 Å². The molecule has 0 bridgehead atoms. The van der Waals surface area contributed by atoms with Crippen LogP contribution in [-0.2, 0) is 0 Å². The van der Waals surface area contributed by atoms with Gasteiger partial charge in [-0.1, -0.05) is 70.5 Å². The van der Waals surface area contributed by atoms with E-state index in [1.165, 1.54) is 29.0 Å². The average molecular weight is 228 g/mol. The highest BCUT2D eigenvalue weighted by Gasteiger charge is 1.98. The van der Waals surface area contributed by atoms with Crippen LogP contribution in [0.25, 0.3) is 11.1 Å². The Balaban J connectivity index is 2.22. The van der Waals surface area contributed by atoms with Crippen LogP contribution in [0, 0.1) is 0 Å². The Morgan fingerprint density at radius 1 is 0.875 bits per heavy atom. The predicted octanol–water partition coefficient (Wildman–Crippen LogP) is 4.07. The van der Waals surface area contributed by atoms with Crippen LogP contribution in [0.15, 0.2) is 54.6 Å². The summed E-state index contributed by atoms with van der Waals surface area (Å²) in [6, 6.07) is 19.5. The van der Waals surface area contributed by atoms with Gasteiger partial charge in [0.1, 0.15) is 0 Å². The highest BCUT2D eigenvalue weighted by Crippen LogP contribution is 2.20. The van der Waals surface area contributed by atoms with Crippen LogP contribution in [-0.4, -0.2) is 6.16 Å². The summed E-state index contributed by atoms with van der Waals surface area (Å²) < 4.78 is 0. The van der Waals surface area contributed by atoms with Crippen molar-refractivity contribution in [3.8, 4) is 11.1 Å².